The van der Waals surface area contributed by atoms with Crippen molar-refractivity contribution in [3.8, 4) is 5.75 Å². The summed E-state index contributed by atoms with van der Waals surface area (Å²) in [7, 11) is 0. The maximum atomic E-state index is 11.0. The lowest BCUT2D eigenvalue weighted by molar-refractivity contribution is -0.385. The van der Waals surface area contributed by atoms with Crippen LogP contribution < -0.4 is 9.64 Å². The third kappa shape index (κ3) is 3.44. The fraction of sp³-hybridized carbons (Fsp3) is 0.600. The van der Waals surface area contributed by atoms with E-state index in [2.05, 4.69) is 18.7 Å². The van der Waals surface area contributed by atoms with Crippen LogP contribution in [0.5, 0.6) is 5.75 Å². The summed E-state index contributed by atoms with van der Waals surface area (Å²) in [4.78, 5) is 12.8. The van der Waals surface area contributed by atoms with Gasteiger partial charge in [-0.1, -0.05) is 6.92 Å². The van der Waals surface area contributed by atoms with Crippen LogP contribution in [-0.2, 0) is 4.74 Å². The molecule has 0 saturated carbocycles. The van der Waals surface area contributed by atoms with Crippen LogP contribution in [0, 0.1) is 10.1 Å². The predicted molar refractivity (Wildman–Crippen MR) is 81.1 cm³/mol. The molecule has 6 heteroatoms. The molecule has 0 spiro atoms. The van der Waals surface area contributed by atoms with Crippen LogP contribution in [0.15, 0.2) is 18.2 Å². The summed E-state index contributed by atoms with van der Waals surface area (Å²) in [6.45, 7) is 8.62. The Labute approximate surface area is 124 Å². The Kier molecular flexibility index (Phi) is 4.67. The third-order valence-electron chi connectivity index (χ3n) is 3.89. The minimum absolute atomic E-state index is 0.00659. The number of ether oxygens (including phenoxy) is 2. The summed E-state index contributed by atoms with van der Waals surface area (Å²) in [6.07, 6.45) is 0.925. The van der Waals surface area contributed by atoms with Crippen molar-refractivity contribution in [2.45, 2.75) is 32.8 Å². The Hall–Kier alpha value is -1.82. The number of benzene rings is 1. The van der Waals surface area contributed by atoms with Crippen LogP contribution in [0.25, 0.3) is 0 Å². The van der Waals surface area contributed by atoms with E-state index in [1.807, 2.05) is 6.92 Å². The Morgan fingerprint density at radius 3 is 2.86 bits per heavy atom. The number of morpholine rings is 1. The normalized spacial score (nSPS) is 22.1. The summed E-state index contributed by atoms with van der Waals surface area (Å²) in [5, 5.41) is 11.0. The number of nitro benzene ring substituents is 1. The van der Waals surface area contributed by atoms with Crippen molar-refractivity contribution in [2.24, 2.45) is 0 Å². The second kappa shape index (κ2) is 6.30. The van der Waals surface area contributed by atoms with Gasteiger partial charge in [-0.3, -0.25) is 10.1 Å². The highest BCUT2D eigenvalue weighted by atomic mass is 16.6. The topological polar surface area (TPSA) is 64.8 Å². The first-order chi connectivity index (χ1) is 9.99. The van der Waals surface area contributed by atoms with Crippen molar-refractivity contribution in [3.63, 3.8) is 0 Å². The highest BCUT2D eigenvalue weighted by molar-refractivity contribution is 5.59. The van der Waals surface area contributed by atoms with Gasteiger partial charge < -0.3 is 14.4 Å². The second-order valence-corrected chi connectivity index (χ2v) is 5.42. The molecule has 1 fully saturated rings. The molecule has 1 aromatic carbocycles. The maximum Gasteiger partial charge on any atom is 0.311 e. The molecule has 0 amide bonds. The summed E-state index contributed by atoms with van der Waals surface area (Å²) < 4.78 is 11.2. The molecule has 1 atom stereocenters. The van der Waals surface area contributed by atoms with E-state index in [1.54, 1.807) is 12.1 Å². The largest absolute Gasteiger partial charge is 0.487 e. The first kappa shape index (κ1) is 15.6. The summed E-state index contributed by atoms with van der Waals surface area (Å²) in [5.74, 6) is 0.324. The zero-order valence-electron chi connectivity index (χ0n) is 12.8. The van der Waals surface area contributed by atoms with Gasteiger partial charge in [-0.15, -0.1) is 0 Å². The molecule has 1 saturated heterocycles. The number of hydrogen-bond donors (Lipinski definition) is 0. The molecule has 0 radical (unpaired) electrons. The van der Waals surface area contributed by atoms with Crippen molar-refractivity contribution >= 4 is 11.4 Å². The Bertz CT molecular complexity index is 520. The van der Waals surface area contributed by atoms with Crippen LogP contribution in [0.4, 0.5) is 11.4 Å². The smallest absolute Gasteiger partial charge is 0.311 e. The number of nitrogens with zero attached hydrogens (tertiary/aromatic N) is 2. The Morgan fingerprint density at radius 2 is 2.24 bits per heavy atom. The third-order valence-corrected chi connectivity index (χ3v) is 3.89. The van der Waals surface area contributed by atoms with Crippen LogP contribution in [0.2, 0.25) is 0 Å². The Balaban J connectivity index is 2.27. The van der Waals surface area contributed by atoms with E-state index < -0.39 is 4.92 Å². The van der Waals surface area contributed by atoms with Gasteiger partial charge in [-0.05, 0) is 26.3 Å². The molecule has 0 bridgehead atoms. The van der Waals surface area contributed by atoms with Crippen LogP contribution in [-0.4, -0.2) is 36.8 Å². The van der Waals surface area contributed by atoms with Gasteiger partial charge in [0.2, 0.25) is 0 Å². The molecule has 0 aromatic heterocycles. The lowest BCUT2D eigenvalue weighted by atomic mass is 10.0. The highest BCUT2D eigenvalue weighted by Gasteiger charge is 2.31. The number of rotatable bonds is 5. The Morgan fingerprint density at radius 1 is 1.48 bits per heavy atom. The van der Waals surface area contributed by atoms with Gasteiger partial charge in [0.1, 0.15) is 0 Å². The molecule has 1 heterocycles. The standard InChI is InChI=1S/C15H22N2O4/c1-4-15(3)11-16(8-9-21-15)12-6-7-13(17(18)19)14(10-12)20-5-2/h6-7,10H,4-5,8-9,11H2,1-3H3. The summed E-state index contributed by atoms with van der Waals surface area (Å²) >= 11 is 0. The molecule has 1 aliphatic rings. The summed E-state index contributed by atoms with van der Waals surface area (Å²) in [6, 6.07) is 5.05. The highest BCUT2D eigenvalue weighted by Crippen LogP contribution is 2.33. The molecule has 1 aliphatic heterocycles. The van der Waals surface area contributed by atoms with Gasteiger partial charge in [-0.25, -0.2) is 0 Å². The van der Waals surface area contributed by atoms with Crippen LogP contribution >= 0.6 is 0 Å². The van der Waals surface area contributed by atoms with Crippen molar-refractivity contribution < 1.29 is 14.4 Å². The number of nitro groups is 1. The molecule has 6 nitrogen and oxygen atoms in total. The van der Waals surface area contributed by atoms with Gasteiger partial charge in [-0.2, -0.15) is 0 Å². The van der Waals surface area contributed by atoms with Crippen molar-refractivity contribution in [1.29, 1.82) is 0 Å². The van der Waals surface area contributed by atoms with Crippen molar-refractivity contribution in [1.82, 2.24) is 0 Å². The quantitative estimate of drug-likeness (QED) is 0.617. The van der Waals surface area contributed by atoms with Gasteiger partial charge in [0.25, 0.3) is 0 Å². The van der Waals surface area contributed by atoms with Crippen molar-refractivity contribution in [2.75, 3.05) is 31.2 Å². The minimum atomic E-state index is -0.412. The average Bonchev–Trinajstić information content (AvgIpc) is 2.47. The van der Waals surface area contributed by atoms with E-state index in [1.165, 1.54) is 6.07 Å². The van der Waals surface area contributed by atoms with Gasteiger partial charge in [0.15, 0.2) is 5.75 Å². The van der Waals surface area contributed by atoms with Gasteiger partial charge in [0, 0.05) is 30.9 Å². The zero-order valence-corrected chi connectivity index (χ0v) is 12.8. The fourth-order valence-electron chi connectivity index (χ4n) is 2.49. The molecule has 0 N–H and O–H groups in total. The molecule has 2 rings (SSSR count). The zero-order chi connectivity index (χ0) is 15.5. The predicted octanol–water partition coefficient (Wildman–Crippen LogP) is 3.00. The molecule has 1 unspecified atom stereocenters. The monoisotopic (exact) mass is 294 g/mol. The van der Waals surface area contributed by atoms with E-state index in [0.29, 0.717) is 19.0 Å². The van der Waals surface area contributed by atoms with Crippen molar-refractivity contribution in [3.05, 3.63) is 28.3 Å². The fourth-order valence-corrected chi connectivity index (χ4v) is 2.49. The molecule has 116 valence electrons. The average molecular weight is 294 g/mol. The molecular weight excluding hydrogens is 272 g/mol. The summed E-state index contributed by atoms with van der Waals surface area (Å²) in [5.41, 5.74) is 0.769. The maximum absolute atomic E-state index is 11.0. The van der Waals surface area contributed by atoms with E-state index in [-0.39, 0.29) is 11.3 Å². The SMILES string of the molecule is CCOc1cc(N2CCOC(C)(CC)C2)ccc1[N+](=O)[O-]. The van der Waals surface area contributed by atoms with Gasteiger partial charge >= 0.3 is 5.69 Å². The van der Waals surface area contributed by atoms with E-state index in [9.17, 15) is 10.1 Å². The van der Waals surface area contributed by atoms with Crippen LogP contribution in [0.3, 0.4) is 0 Å². The number of hydrogen-bond acceptors (Lipinski definition) is 5. The van der Waals surface area contributed by atoms with E-state index in [0.717, 1.165) is 25.2 Å². The lowest BCUT2D eigenvalue weighted by Gasteiger charge is -2.41. The molecule has 21 heavy (non-hydrogen) atoms. The van der Waals surface area contributed by atoms with E-state index in [4.69, 9.17) is 9.47 Å². The first-order valence-corrected chi connectivity index (χ1v) is 7.29. The first-order valence-electron chi connectivity index (χ1n) is 7.29. The minimum Gasteiger partial charge on any atom is -0.487 e. The molecule has 0 aliphatic carbocycles. The van der Waals surface area contributed by atoms with Crippen LogP contribution in [0.1, 0.15) is 27.2 Å². The second-order valence-electron chi connectivity index (χ2n) is 5.42. The van der Waals surface area contributed by atoms with Gasteiger partial charge in [0.05, 0.1) is 23.7 Å². The molecular formula is C15H22N2O4. The molecule has 1 aromatic rings. The number of anilines is 1. The van der Waals surface area contributed by atoms with E-state index >= 15 is 0 Å². The lowest BCUT2D eigenvalue weighted by Crippen LogP contribution is -2.49.